The molecule has 0 bridgehead atoms. The van der Waals surface area contributed by atoms with Gasteiger partial charge in [0.1, 0.15) is 23.9 Å². The largest absolute Gasteiger partial charge is 0.497 e. The summed E-state index contributed by atoms with van der Waals surface area (Å²) < 4.78 is 12.3. The minimum absolute atomic E-state index is 0.0819. The van der Waals surface area contributed by atoms with Crippen molar-refractivity contribution in [1.82, 2.24) is 14.7 Å². The number of hydrogen-bond acceptors (Lipinski definition) is 5. The molecule has 3 aromatic rings. The minimum Gasteiger partial charge on any atom is -0.497 e. The number of carbonyl (C=O) groups is 2. The van der Waals surface area contributed by atoms with Crippen molar-refractivity contribution in [3.8, 4) is 17.2 Å². The first-order valence-corrected chi connectivity index (χ1v) is 12.5. The van der Waals surface area contributed by atoms with E-state index in [1.54, 1.807) is 48.1 Å². The molecule has 0 radical (unpaired) electrons. The fraction of sp³-hybridized carbons (Fsp3) is 0.414. The molecule has 0 saturated carbocycles. The Bertz CT molecular complexity index is 1210. The topological polar surface area (TPSA) is 85.7 Å². The fourth-order valence-corrected chi connectivity index (χ4v) is 3.72. The Kier molecular flexibility index (Phi) is 8.97. The first-order valence-electron chi connectivity index (χ1n) is 12.5. The third kappa shape index (κ3) is 7.35. The molecule has 2 amide bonds. The summed E-state index contributed by atoms with van der Waals surface area (Å²) in [4.78, 5) is 28.2. The molecular weight excluding hydrogens is 468 g/mol. The van der Waals surface area contributed by atoms with E-state index >= 15 is 0 Å². The molecule has 3 rings (SSSR count). The quantitative estimate of drug-likeness (QED) is 0.403. The van der Waals surface area contributed by atoms with Gasteiger partial charge >= 0.3 is 0 Å². The molecule has 1 N–H and O–H groups in total. The summed E-state index contributed by atoms with van der Waals surface area (Å²) in [5.41, 5.74) is 1.88. The molecule has 1 aromatic heterocycles. The lowest BCUT2D eigenvalue weighted by Crippen LogP contribution is -2.39. The number of methoxy groups -OCH3 is 2. The lowest BCUT2D eigenvalue weighted by atomic mass is 9.92. The van der Waals surface area contributed by atoms with Gasteiger partial charge in [-0.1, -0.05) is 40.7 Å². The number of benzene rings is 2. The van der Waals surface area contributed by atoms with Crippen LogP contribution in [0.5, 0.6) is 11.5 Å². The Hall–Kier alpha value is -3.81. The van der Waals surface area contributed by atoms with Crippen LogP contribution in [0.15, 0.2) is 54.6 Å². The van der Waals surface area contributed by atoms with Crippen LogP contribution in [0.4, 0.5) is 5.82 Å². The molecular formula is C29H38N4O4. The van der Waals surface area contributed by atoms with E-state index < -0.39 is 0 Å². The van der Waals surface area contributed by atoms with Crippen LogP contribution in [-0.2, 0) is 10.2 Å². The van der Waals surface area contributed by atoms with Crippen molar-refractivity contribution in [1.29, 1.82) is 0 Å². The van der Waals surface area contributed by atoms with Crippen LogP contribution >= 0.6 is 0 Å². The third-order valence-corrected chi connectivity index (χ3v) is 5.98. The summed E-state index contributed by atoms with van der Waals surface area (Å²) in [5, 5.41) is 7.76. The maximum absolute atomic E-state index is 13.4. The van der Waals surface area contributed by atoms with E-state index in [1.165, 1.54) is 0 Å². The van der Waals surface area contributed by atoms with Crippen molar-refractivity contribution in [2.45, 2.75) is 46.5 Å². The van der Waals surface area contributed by atoms with Crippen molar-refractivity contribution in [3.63, 3.8) is 0 Å². The molecule has 0 aliphatic carbocycles. The fourth-order valence-electron chi connectivity index (χ4n) is 3.72. The number of ether oxygens (including phenoxy) is 2. The van der Waals surface area contributed by atoms with Gasteiger partial charge in [0.2, 0.25) is 5.91 Å². The number of carbonyl (C=O) groups excluding carboxylic acids is 2. The molecule has 198 valence electrons. The van der Waals surface area contributed by atoms with Gasteiger partial charge < -0.3 is 19.7 Å². The van der Waals surface area contributed by atoms with Crippen LogP contribution in [-0.4, -0.2) is 53.8 Å². The second kappa shape index (κ2) is 12.0. The average molecular weight is 507 g/mol. The second-order valence-corrected chi connectivity index (χ2v) is 10.5. The number of hydrogen-bond donors (Lipinski definition) is 1. The van der Waals surface area contributed by atoms with E-state index in [1.807, 2.05) is 30.3 Å². The molecule has 0 unspecified atom stereocenters. The predicted octanol–water partition coefficient (Wildman–Crippen LogP) is 5.31. The van der Waals surface area contributed by atoms with Gasteiger partial charge in [0.05, 0.1) is 25.6 Å². The molecule has 8 nitrogen and oxygen atoms in total. The van der Waals surface area contributed by atoms with Crippen molar-refractivity contribution in [3.05, 3.63) is 65.9 Å². The maximum atomic E-state index is 13.4. The Morgan fingerprint density at radius 3 is 2.27 bits per heavy atom. The maximum Gasteiger partial charge on any atom is 0.254 e. The van der Waals surface area contributed by atoms with E-state index in [0.717, 1.165) is 23.6 Å². The smallest absolute Gasteiger partial charge is 0.254 e. The van der Waals surface area contributed by atoms with E-state index in [4.69, 9.17) is 14.6 Å². The Morgan fingerprint density at radius 2 is 1.68 bits per heavy atom. The normalized spacial score (nSPS) is 11.4. The van der Waals surface area contributed by atoms with Crippen LogP contribution in [0, 0.1) is 5.92 Å². The van der Waals surface area contributed by atoms with Crippen molar-refractivity contribution < 1.29 is 19.1 Å². The van der Waals surface area contributed by atoms with Crippen LogP contribution in [0.2, 0.25) is 0 Å². The highest BCUT2D eigenvalue weighted by molar-refractivity contribution is 5.99. The molecule has 0 aliphatic heterocycles. The standard InChI is InChI=1S/C29H38N4O4/c1-20(2)15-16-32(28(35)21-9-8-10-24(17-21)37-7)19-27(34)30-26-18-25(29(3,4)5)31-33(26)22-11-13-23(36-6)14-12-22/h8-14,17-18,20H,15-16,19H2,1-7H3,(H,30,34). The zero-order valence-corrected chi connectivity index (χ0v) is 22.9. The molecule has 0 saturated heterocycles. The molecule has 0 fully saturated rings. The summed E-state index contributed by atoms with van der Waals surface area (Å²) in [5.74, 6) is 1.74. The SMILES string of the molecule is COc1ccc(-n2nc(C(C)(C)C)cc2NC(=O)CN(CCC(C)C)C(=O)c2cccc(OC)c2)cc1. The molecule has 0 spiro atoms. The first-order chi connectivity index (χ1) is 17.5. The summed E-state index contributed by atoms with van der Waals surface area (Å²) >= 11 is 0. The number of rotatable bonds is 10. The van der Waals surface area contributed by atoms with Crippen LogP contribution < -0.4 is 14.8 Å². The van der Waals surface area contributed by atoms with Crippen LogP contribution in [0.1, 0.15) is 57.1 Å². The van der Waals surface area contributed by atoms with Gasteiger partial charge in [-0.2, -0.15) is 5.10 Å². The number of amides is 2. The predicted molar refractivity (Wildman–Crippen MR) is 146 cm³/mol. The van der Waals surface area contributed by atoms with E-state index in [2.05, 4.69) is 39.9 Å². The van der Waals surface area contributed by atoms with Gasteiger partial charge in [-0.15, -0.1) is 0 Å². The minimum atomic E-state index is -0.296. The van der Waals surface area contributed by atoms with Crippen molar-refractivity contribution in [2.75, 3.05) is 32.6 Å². The Balaban J connectivity index is 1.87. The highest BCUT2D eigenvalue weighted by Crippen LogP contribution is 2.27. The van der Waals surface area contributed by atoms with E-state index in [0.29, 0.717) is 29.6 Å². The highest BCUT2D eigenvalue weighted by atomic mass is 16.5. The lowest BCUT2D eigenvalue weighted by molar-refractivity contribution is -0.117. The number of anilines is 1. The zero-order valence-electron chi connectivity index (χ0n) is 22.9. The van der Waals surface area contributed by atoms with E-state index in [9.17, 15) is 9.59 Å². The summed E-state index contributed by atoms with van der Waals surface area (Å²) in [6.07, 6.45) is 0.779. The number of aromatic nitrogens is 2. The summed E-state index contributed by atoms with van der Waals surface area (Å²) in [6, 6.07) is 16.3. The molecule has 0 aliphatic rings. The van der Waals surface area contributed by atoms with Gasteiger partial charge in [0, 0.05) is 23.6 Å². The Labute approximate surface area is 219 Å². The van der Waals surface area contributed by atoms with Crippen LogP contribution in [0.25, 0.3) is 5.69 Å². The molecule has 0 atom stereocenters. The Morgan fingerprint density at radius 1 is 1.00 bits per heavy atom. The monoisotopic (exact) mass is 506 g/mol. The van der Waals surface area contributed by atoms with Crippen LogP contribution in [0.3, 0.4) is 0 Å². The van der Waals surface area contributed by atoms with Gasteiger partial charge in [-0.25, -0.2) is 4.68 Å². The average Bonchev–Trinajstić information content (AvgIpc) is 3.30. The van der Waals surface area contributed by atoms with Gasteiger partial charge in [0.15, 0.2) is 0 Å². The van der Waals surface area contributed by atoms with Gasteiger partial charge in [-0.05, 0) is 54.8 Å². The van der Waals surface area contributed by atoms with E-state index in [-0.39, 0.29) is 23.8 Å². The summed E-state index contributed by atoms with van der Waals surface area (Å²) in [6.45, 7) is 10.8. The molecule has 1 heterocycles. The first kappa shape index (κ1) is 27.8. The number of nitrogens with zero attached hydrogens (tertiary/aromatic N) is 3. The third-order valence-electron chi connectivity index (χ3n) is 5.98. The molecule has 2 aromatic carbocycles. The molecule has 37 heavy (non-hydrogen) atoms. The summed E-state index contributed by atoms with van der Waals surface area (Å²) in [7, 11) is 3.18. The van der Waals surface area contributed by atoms with Gasteiger partial charge in [0.25, 0.3) is 5.91 Å². The zero-order chi connectivity index (χ0) is 27.2. The highest BCUT2D eigenvalue weighted by Gasteiger charge is 2.24. The van der Waals surface area contributed by atoms with Crippen molar-refractivity contribution in [2.24, 2.45) is 5.92 Å². The van der Waals surface area contributed by atoms with Crippen molar-refractivity contribution >= 4 is 17.6 Å². The number of nitrogens with one attached hydrogen (secondary N) is 1. The second-order valence-electron chi connectivity index (χ2n) is 10.5. The molecule has 8 heteroatoms. The lowest BCUT2D eigenvalue weighted by Gasteiger charge is -2.23. The van der Waals surface area contributed by atoms with Gasteiger partial charge in [-0.3, -0.25) is 9.59 Å².